The molecule has 118 valence electrons. The van der Waals surface area contributed by atoms with Gasteiger partial charge in [0.05, 0.1) is 31.0 Å². The van der Waals surface area contributed by atoms with E-state index in [1.165, 1.54) is 11.1 Å². The average Bonchev–Trinajstić information content (AvgIpc) is 2.94. The lowest BCUT2D eigenvalue weighted by molar-refractivity contribution is 0.0506. The van der Waals surface area contributed by atoms with Crippen molar-refractivity contribution < 1.29 is 4.74 Å². The van der Waals surface area contributed by atoms with E-state index >= 15 is 0 Å². The largest absolute Gasteiger partial charge is 0.375 e. The maximum absolute atomic E-state index is 5.84. The molecule has 0 saturated heterocycles. The van der Waals surface area contributed by atoms with E-state index < -0.39 is 0 Å². The Morgan fingerprint density at radius 2 is 2.09 bits per heavy atom. The van der Waals surface area contributed by atoms with Crippen molar-refractivity contribution in [1.82, 2.24) is 19.7 Å². The minimum atomic E-state index is 0.256. The van der Waals surface area contributed by atoms with E-state index in [4.69, 9.17) is 4.74 Å². The summed E-state index contributed by atoms with van der Waals surface area (Å²) in [6, 6.07) is 6.69. The minimum Gasteiger partial charge on any atom is -0.375 e. The molecule has 23 heavy (non-hydrogen) atoms. The maximum atomic E-state index is 5.84. The van der Waals surface area contributed by atoms with Gasteiger partial charge in [-0.1, -0.05) is 12.1 Å². The number of nitrogens with zero attached hydrogens (tertiary/aromatic N) is 4. The summed E-state index contributed by atoms with van der Waals surface area (Å²) in [5.74, 6) is 0. The summed E-state index contributed by atoms with van der Waals surface area (Å²) in [4.78, 5) is 6.68. The molecule has 3 heterocycles. The van der Waals surface area contributed by atoms with Crippen LogP contribution in [0.15, 0.2) is 36.8 Å². The zero-order chi connectivity index (χ0) is 16.0. The van der Waals surface area contributed by atoms with Crippen molar-refractivity contribution in [1.29, 1.82) is 0 Å². The lowest BCUT2D eigenvalue weighted by Crippen LogP contribution is -2.29. The molecule has 0 amide bonds. The Morgan fingerprint density at radius 3 is 2.91 bits per heavy atom. The van der Waals surface area contributed by atoms with Gasteiger partial charge in [-0.15, -0.1) is 0 Å². The molecular weight excluding hydrogens is 288 g/mol. The summed E-state index contributed by atoms with van der Waals surface area (Å²) in [5, 5.41) is 5.47. The van der Waals surface area contributed by atoms with Gasteiger partial charge in [-0.3, -0.25) is 9.67 Å². The summed E-state index contributed by atoms with van der Waals surface area (Å²) in [6.45, 7) is 1.35. The van der Waals surface area contributed by atoms with E-state index in [-0.39, 0.29) is 6.04 Å². The van der Waals surface area contributed by atoms with Crippen LogP contribution in [0.4, 0.5) is 0 Å². The predicted molar refractivity (Wildman–Crippen MR) is 90.0 cm³/mol. The highest BCUT2D eigenvalue weighted by atomic mass is 16.5. The van der Waals surface area contributed by atoms with E-state index in [0.29, 0.717) is 13.2 Å². The van der Waals surface area contributed by atoms with Crippen molar-refractivity contribution >= 4 is 10.9 Å². The molecule has 1 aliphatic heterocycles. The van der Waals surface area contributed by atoms with Crippen LogP contribution in [0.3, 0.4) is 0 Å². The fourth-order valence-corrected chi connectivity index (χ4v) is 3.30. The zero-order valence-electron chi connectivity index (χ0n) is 13.7. The third-order valence-corrected chi connectivity index (χ3v) is 4.66. The molecule has 5 heteroatoms. The highest BCUT2D eigenvalue weighted by molar-refractivity contribution is 5.85. The van der Waals surface area contributed by atoms with Gasteiger partial charge >= 0.3 is 0 Å². The lowest BCUT2D eigenvalue weighted by Gasteiger charge is -2.31. The van der Waals surface area contributed by atoms with Crippen LogP contribution in [0, 0.1) is 0 Å². The first kappa shape index (κ1) is 14.4. The molecule has 0 N–H and O–H groups in total. The van der Waals surface area contributed by atoms with E-state index in [9.17, 15) is 0 Å². The van der Waals surface area contributed by atoms with E-state index in [1.807, 2.05) is 30.3 Å². The molecule has 0 bridgehead atoms. The summed E-state index contributed by atoms with van der Waals surface area (Å²) in [5.41, 5.74) is 5.95. The number of aryl methyl sites for hydroxylation is 1. The van der Waals surface area contributed by atoms with E-state index in [1.54, 1.807) is 0 Å². The molecule has 1 atom stereocenters. The standard InChI is InChI=1S/C18H20N4O/c1-21(2)18-11-23-10-16-14(8-19-9-15(16)18)12-4-5-13-7-20-22(3)17(13)6-12/h4-9,18H,10-11H2,1-3H3. The summed E-state index contributed by atoms with van der Waals surface area (Å²) >= 11 is 0. The average molecular weight is 308 g/mol. The molecule has 0 spiro atoms. The summed E-state index contributed by atoms with van der Waals surface area (Å²) in [6.07, 6.45) is 5.81. The molecule has 3 aromatic rings. The summed E-state index contributed by atoms with van der Waals surface area (Å²) in [7, 11) is 6.13. The van der Waals surface area contributed by atoms with Gasteiger partial charge in [-0.25, -0.2) is 0 Å². The molecule has 4 rings (SSSR count). The molecular formula is C18H20N4O. The molecule has 0 radical (unpaired) electrons. The molecule has 1 aromatic carbocycles. The number of aromatic nitrogens is 3. The number of fused-ring (bicyclic) bond motifs is 2. The van der Waals surface area contributed by atoms with Crippen molar-refractivity contribution in [3.63, 3.8) is 0 Å². The number of rotatable bonds is 2. The van der Waals surface area contributed by atoms with Crippen molar-refractivity contribution in [2.45, 2.75) is 12.6 Å². The van der Waals surface area contributed by atoms with Crippen molar-refractivity contribution in [2.24, 2.45) is 7.05 Å². The molecule has 1 unspecified atom stereocenters. The molecule has 0 aliphatic carbocycles. The van der Waals surface area contributed by atoms with Crippen molar-refractivity contribution in [3.8, 4) is 11.1 Å². The summed E-state index contributed by atoms with van der Waals surface area (Å²) < 4.78 is 7.74. The minimum absolute atomic E-state index is 0.256. The Balaban J connectivity index is 1.88. The molecule has 0 fully saturated rings. The first-order valence-electron chi connectivity index (χ1n) is 7.78. The molecule has 5 nitrogen and oxygen atoms in total. The number of benzene rings is 1. The van der Waals surface area contributed by atoms with Crippen LogP contribution in [-0.4, -0.2) is 40.4 Å². The van der Waals surface area contributed by atoms with Gasteiger partial charge in [0.15, 0.2) is 0 Å². The number of pyridine rings is 1. The Bertz CT molecular complexity index is 869. The van der Waals surface area contributed by atoms with Gasteiger partial charge in [0.1, 0.15) is 0 Å². The van der Waals surface area contributed by atoms with Gasteiger partial charge < -0.3 is 9.64 Å². The highest BCUT2D eigenvalue weighted by Crippen LogP contribution is 2.35. The Labute approximate surface area is 135 Å². The van der Waals surface area contributed by atoms with Gasteiger partial charge in [-0.05, 0) is 36.9 Å². The molecule has 2 aromatic heterocycles. The topological polar surface area (TPSA) is 43.2 Å². The van der Waals surface area contributed by atoms with Crippen LogP contribution >= 0.6 is 0 Å². The van der Waals surface area contributed by atoms with Crippen molar-refractivity contribution in [2.75, 3.05) is 20.7 Å². The van der Waals surface area contributed by atoms with Crippen LogP contribution < -0.4 is 0 Å². The lowest BCUT2D eigenvalue weighted by atomic mass is 9.93. The number of hydrogen-bond donors (Lipinski definition) is 0. The van der Waals surface area contributed by atoms with Crippen LogP contribution in [-0.2, 0) is 18.4 Å². The van der Waals surface area contributed by atoms with E-state index in [2.05, 4.69) is 47.3 Å². The van der Waals surface area contributed by atoms with Crippen LogP contribution in [0.5, 0.6) is 0 Å². The van der Waals surface area contributed by atoms with Gasteiger partial charge in [0.2, 0.25) is 0 Å². The maximum Gasteiger partial charge on any atom is 0.0728 e. The van der Waals surface area contributed by atoms with Crippen LogP contribution in [0.2, 0.25) is 0 Å². The smallest absolute Gasteiger partial charge is 0.0728 e. The number of ether oxygens (including phenoxy) is 1. The molecule has 0 saturated carbocycles. The second-order valence-electron chi connectivity index (χ2n) is 6.29. The van der Waals surface area contributed by atoms with Gasteiger partial charge in [0.25, 0.3) is 0 Å². The second-order valence-corrected chi connectivity index (χ2v) is 6.29. The highest BCUT2D eigenvalue weighted by Gasteiger charge is 2.25. The number of likely N-dealkylation sites (N-methyl/N-ethyl adjacent to an activating group) is 1. The fraction of sp³-hybridized carbons (Fsp3) is 0.333. The third-order valence-electron chi connectivity index (χ3n) is 4.66. The molecule has 1 aliphatic rings. The number of hydrogen-bond acceptors (Lipinski definition) is 4. The SMILES string of the molecule is CN(C)C1COCc2c(-c3ccc4cnn(C)c4c3)cncc21. The Kier molecular flexibility index (Phi) is 3.39. The van der Waals surface area contributed by atoms with Crippen molar-refractivity contribution in [3.05, 3.63) is 47.9 Å². The Morgan fingerprint density at radius 1 is 1.22 bits per heavy atom. The van der Waals surface area contributed by atoms with Gasteiger partial charge in [0, 0.05) is 30.4 Å². The first-order valence-corrected chi connectivity index (χ1v) is 7.78. The second kappa shape index (κ2) is 5.44. The fourth-order valence-electron chi connectivity index (χ4n) is 3.30. The first-order chi connectivity index (χ1) is 11.1. The van der Waals surface area contributed by atoms with Crippen LogP contribution in [0.25, 0.3) is 22.0 Å². The van der Waals surface area contributed by atoms with Crippen LogP contribution in [0.1, 0.15) is 17.2 Å². The normalized spacial score (nSPS) is 17.7. The van der Waals surface area contributed by atoms with Gasteiger partial charge in [-0.2, -0.15) is 5.10 Å². The predicted octanol–water partition coefficient (Wildman–Crippen LogP) is 2.77. The van der Waals surface area contributed by atoms with E-state index in [0.717, 1.165) is 22.0 Å². The zero-order valence-corrected chi connectivity index (χ0v) is 13.7. The Hall–Kier alpha value is -2.24. The quantitative estimate of drug-likeness (QED) is 0.730. The monoisotopic (exact) mass is 308 g/mol. The third kappa shape index (κ3) is 2.33.